The maximum Gasteiger partial charge on any atom is 0.0122 e. The van der Waals surface area contributed by atoms with E-state index < -0.39 is 0 Å². The summed E-state index contributed by atoms with van der Waals surface area (Å²) in [5, 5.41) is 0. The van der Waals surface area contributed by atoms with Crippen molar-refractivity contribution in [3.05, 3.63) is 0 Å². The van der Waals surface area contributed by atoms with Crippen LogP contribution < -0.4 is 0 Å². The highest BCUT2D eigenvalue weighted by molar-refractivity contribution is 4.81. The lowest BCUT2D eigenvalue weighted by Gasteiger charge is -2.41. The molecule has 1 aliphatic heterocycles. The molecule has 2 nitrogen and oxygen atoms in total. The minimum atomic E-state index is 0.762. The molecule has 0 N–H and O–H groups in total. The maximum atomic E-state index is 2.76. The first-order valence-corrected chi connectivity index (χ1v) is 7.20. The molecule has 1 unspecified atom stereocenters. The summed E-state index contributed by atoms with van der Waals surface area (Å²) < 4.78 is 0. The van der Waals surface area contributed by atoms with Crippen LogP contribution in [-0.2, 0) is 0 Å². The fraction of sp³-hybridized carbons (Fsp3) is 1.00. The smallest absolute Gasteiger partial charge is 0.0122 e. The first-order valence-electron chi connectivity index (χ1n) is 7.20. The molecule has 1 fully saturated rings. The van der Waals surface area contributed by atoms with Gasteiger partial charge in [-0.1, -0.05) is 20.8 Å². The SMILES string of the molecule is CCCN(C(C)CC)C1CCN(CC)CC1. The van der Waals surface area contributed by atoms with Gasteiger partial charge in [0.25, 0.3) is 0 Å². The molecule has 16 heavy (non-hydrogen) atoms. The van der Waals surface area contributed by atoms with Gasteiger partial charge >= 0.3 is 0 Å². The first-order chi connectivity index (χ1) is 7.72. The van der Waals surface area contributed by atoms with Gasteiger partial charge in [0, 0.05) is 12.1 Å². The van der Waals surface area contributed by atoms with Gasteiger partial charge < -0.3 is 4.90 Å². The molecule has 0 bridgehead atoms. The monoisotopic (exact) mass is 226 g/mol. The molecular formula is C14H30N2. The molecular weight excluding hydrogens is 196 g/mol. The van der Waals surface area contributed by atoms with Crippen molar-refractivity contribution in [2.24, 2.45) is 0 Å². The van der Waals surface area contributed by atoms with Gasteiger partial charge in [-0.3, -0.25) is 4.90 Å². The molecule has 0 saturated carbocycles. The lowest BCUT2D eigenvalue weighted by molar-refractivity contribution is 0.0793. The van der Waals surface area contributed by atoms with E-state index in [0.29, 0.717) is 0 Å². The second-order valence-electron chi connectivity index (χ2n) is 5.16. The van der Waals surface area contributed by atoms with Crippen LogP contribution in [0.15, 0.2) is 0 Å². The normalized spacial score (nSPS) is 21.6. The van der Waals surface area contributed by atoms with Crippen LogP contribution in [0.5, 0.6) is 0 Å². The molecule has 1 saturated heterocycles. The summed E-state index contributed by atoms with van der Waals surface area (Å²) in [6.45, 7) is 14.4. The first kappa shape index (κ1) is 14.0. The fourth-order valence-corrected chi connectivity index (χ4v) is 2.82. The summed E-state index contributed by atoms with van der Waals surface area (Å²) in [7, 11) is 0. The average Bonchev–Trinajstić information content (AvgIpc) is 2.35. The largest absolute Gasteiger partial charge is 0.303 e. The third-order valence-electron chi connectivity index (χ3n) is 4.11. The predicted octanol–water partition coefficient (Wildman–Crippen LogP) is 2.98. The van der Waals surface area contributed by atoms with Crippen molar-refractivity contribution in [1.29, 1.82) is 0 Å². The second-order valence-corrected chi connectivity index (χ2v) is 5.16. The summed E-state index contributed by atoms with van der Waals surface area (Å²) in [4.78, 5) is 5.34. The highest BCUT2D eigenvalue weighted by Gasteiger charge is 2.25. The molecule has 0 aromatic carbocycles. The van der Waals surface area contributed by atoms with Gasteiger partial charge in [-0.05, 0) is 58.8 Å². The molecule has 0 aromatic rings. The van der Waals surface area contributed by atoms with Crippen LogP contribution in [-0.4, -0.2) is 48.1 Å². The van der Waals surface area contributed by atoms with Crippen LogP contribution in [0.3, 0.4) is 0 Å². The zero-order chi connectivity index (χ0) is 12.0. The molecule has 0 spiro atoms. The van der Waals surface area contributed by atoms with E-state index in [0.717, 1.165) is 12.1 Å². The number of hydrogen-bond donors (Lipinski definition) is 0. The Bertz CT molecular complexity index is 174. The van der Waals surface area contributed by atoms with Crippen LogP contribution in [0.1, 0.15) is 53.4 Å². The van der Waals surface area contributed by atoms with E-state index in [1.807, 2.05) is 0 Å². The van der Waals surface area contributed by atoms with Crippen molar-refractivity contribution in [3.63, 3.8) is 0 Å². The molecule has 0 aliphatic carbocycles. The van der Waals surface area contributed by atoms with Crippen molar-refractivity contribution < 1.29 is 0 Å². The lowest BCUT2D eigenvalue weighted by Crippen LogP contribution is -2.48. The minimum absolute atomic E-state index is 0.762. The quantitative estimate of drug-likeness (QED) is 0.687. The summed E-state index contributed by atoms with van der Waals surface area (Å²) in [6.07, 6.45) is 5.32. The zero-order valence-corrected chi connectivity index (χ0v) is 11.7. The molecule has 0 radical (unpaired) electrons. The van der Waals surface area contributed by atoms with Crippen molar-refractivity contribution in [2.45, 2.75) is 65.5 Å². The Balaban J connectivity index is 2.46. The van der Waals surface area contributed by atoms with E-state index in [1.54, 1.807) is 0 Å². The zero-order valence-electron chi connectivity index (χ0n) is 11.7. The predicted molar refractivity (Wildman–Crippen MR) is 71.9 cm³/mol. The standard InChI is InChI=1S/C14H30N2/c1-5-10-16(13(4)6-2)14-8-11-15(7-3)12-9-14/h13-14H,5-12H2,1-4H3. The Morgan fingerprint density at radius 1 is 1.19 bits per heavy atom. The Hall–Kier alpha value is -0.0800. The summed E-state index contributed by atoms with van der Waals surface area (Å²) in [5.41, 5.74) is 0. The van der Waals surface area contributed by atoms with Crippen LogP contribution in [0, 0.1) is 0 Å². The van der Waals surface area contributed by atoms with E-state index in [4.69, 9.17) is 0 Å². The van der Waals surface area contributed by atoms with Crippen molar-refractivity contribution in [3.8, 4) is 0 Å². The van der Waals surface area contributed by atoms with Gasteiger partial charge in [0.2, 0.25) is 0 Å². The van der Waals surface area contributed by atoms with Gasteiger partial charge in [-0.2, -0.15) is 0 Å². The molecule has 1 aliphatic rings. The van der Waals surface area contributed by atoms with Crippen molar-refractivity contribution in [1.82, 2.24) is 9.80 Å². The maximum absolute atomic E-state index is 2.76. The van der Waals surface area contributed by atoms with Crippen LogP contribution in [0.4, 0.5) is 0 Å². The van der Waals surface area contributed by atoms with Crippen LogP contribution in [0.25, 0.3) is 0 Å². The molecule has 0 amide bonds. The number of piperidine rings is 1. The van der Waals surface area contributed by atoms with Crippen molar-refractivity contribution in [2.75, 3.05) is 26.2 Å². The Morgan fingerprint density at radius 2 is 1.81 bits per heavy atom. The van der Waals surface area contributed by atoms with Crippen molar-refractivity contribution >= 4 is 0 Å². The molecule has 1 rings (SSSR count). The van der Waals surface area contributed by atoms with Gasteiger partial charge in [0.1, 0.15) is 0 Å². The van der Waals surface area contributed by atoms with Gasteiger partial charge in [0.15, 0.2) is 0 Å². The third kappa shape index (κ3) is 3.74. The molecule has 0 aromatic heterocycles. The van der Waals surface area contributed by atoms with Gasteiger partial charge in [-0.15, -0.1) is 0 Å². The summed E-state index contributed by atoms with van der Waals surface area (Å²) in [6, 6.07) is 1.61. The molecule has 96 valence electrons. The van der Waals surface area contributed by atoms with E-state index in [-0.39, 0.29) is 0 Å². The summed E-state index contributed by atoms with van der Waals surface area (Å²) in [5.74, 6) is 0. The van der Waals surface area contributed by atoms with E-state index >= 15 is 0 Å². The highest BCUT2D eigenvalue weighted by Crippen LogP contribution is 2.20. The Labute approximate surface area is 102 Å². The second kappa shape index (κ2) is 7.29. The van der Waals surface area contributed by atoms with E-state index in [9.17, 15) is 0 Å². The summed E-state index contributed by atoms with van der Waals surface area (Å²) >= 11 is 0. The van der Waals surface area contributed by atoms with Gasteiger partial charge in [-0.25, -0.2) is 0 Å². The van der Waals surface area contributed by atoms with Crippen LogP contribution >= 0.6 is 0 Å². The number of rotatable bonds is 6. The molecule has 1 heterocycles. The lowest BCUT2D eigenvalue weighted by atomic mass is 10.0. The Morgan fingerprint density at radius 3 is 2.25 bits per heavy atom. The number of hydrogen-bond acceptors (Lipinski definition) is 2. The molecule has 1 atom stereocenters. The van der Waals surface area contributed by atoms with Gasteiger partial charge in [0.05, 0.1) is 0 Å². The number of likely N-dealkylation sites (tertiary alicyclic amines) is 1. The van der Waals surface area contributed by atoms with E-state index in [1.165, 1.54) is 51.9 Å². The third-order valence-corrected chi connectivity index (χ3v) is 4.11. The fourth-order valence-electron chi connectivity index (χ4n) is 2.82. The topological polar surface area (TPSA) is 6.48 Å². The average molecular weight is 226 g/mol. The van der Waals surface area contributed by atoms with Crippen LogP contribution in [0.2, 0.25) is 0 Å². The van der Waals surface area contributed by atoms with E-state index in [2.05, 4.69) is 37.5 Å². The number of nitrogens with zero attached hydrogens (tertiary/aromatic N) is 2. The Kier molecular flexibility index (Phi) is 6.37. The highest BCUT2D eigenvalue weighted by atomic mass is 15.2. The minimum Gasteiger partial charge on any atom is -0.303 e. The molecule has 2 heteroatoms.